The average Bonchev–Trinajstić information content (AvgIpc) is 2.78. The number of nitrogens with zero attached hydrogens (tertiary/aromatic N) is 1. The minimum Gasteiger partial charge on any atom is -0.351 e. The average molecular weight is 491 g/mol. The van der Waals surface area contributed by atoms with Gasteiger partial charge in [0.2, 0.25) is 5.91 Å². The Morgan fingerprint density at radius 2 is 1.69 bits per heavy atom. The fourth-order valence-corrected chi connectivity index (χ4v) is 9.82. The van der Waals surface area contributed by atoms with Crippen molar-refractivity contribution in [3.8, 4) is 6.07 Å². The van der Waals surface area contributed by atoms with Gasteiger partial charge in [-0.1, -0.05) is 53.2 Å². The van der Waals surface area contributed by atoms with Crippen LogP contribution in [0.3, 0.4) is 0 Å². The summed E-state index contributed by atoms with van der Waals surface area (Å²) in [6, 6.07) is 2.16. The lowest BCUT2D eigenvalue weighted by molar-refractivity contribution is -0.162. The molecule has 194 valence electrons. The van der Waals surface area contributed by atoms with Crippen molar-refractivity contribution in [3.05, 3.63) is 23.3 Å². The Kier molecular flexibility index (Phi) is 5.40. The molecule has 1 amide bonds. The second kappa shape index (κ2) is 7.65. The highest BCUT2D eigenvalue weighted by Crippen LogP contribution is 2.72. The van der Waals surface area contributed by atoms with Crippen LogP contribution in [0.5, 0.6) is 0 Å². The SMILES string of the molecule is CC(=O)N[C@]12CCC(C)(C)CC1C1C(=O)C=C3[C@@]4(C)C=C(C#N)C(=O)[C@@H](C)C4CC[C@@]3(C)[C@]1(C)CC2. The molecule has 0 aliphatic heterocycles. The Bertz CT molecular complexity index is 1160. The van der Waals surface area contributed by atoms with Gasteiger partial charge >= 0.3 is 0 Å². The van der Waals surface area contributed by atoms with Crippen molar-refractivity contribution in [1.29, 1.82) is 5.26 Å². The van der Waals surface area contributed by atoms with Crippen molar-refractivity contribution in [1.82, 2.24) is 5.32 Å². The van der Waals surface area contributed by atoms with Crippen molar-refractivity contribution in [2.24, 2.45) is 45.3 Å². The maximum atomic E-state index is 14.3. The second-order valence-corrected chi connectivity index (χ2v) is 14.3. The van der Waals surface area contributed by atoms with Gasteiger partial charge in [-0.3, -0.25) is 14.4 Å². The summed E-state index contributed by atoms with van der Waals surface area (Å²) in [7, 11) is 0. The molecule has 0 bridgehead atoms. The van der Waals surface area contributed by atoms with E-state index in [0.29, 0.717) is 0 Å². The van der Waals surface area contributed by atoms with E-state index >= 15 is 0 Å². The summed E-state index contributed by atoms with van der Waals surface area (Å²) >= 11 is 0. The molecule has 3 fully saturated rings. The molecule has 3 saturated carbocycles. The van der Waals surface area contributed by atoms with Crippen LogP contribution in [0.2, 0.25) is 0 Å². The van der Waals surface area contributed by atoms with Gasteiger partial charge in [-0.2, -0.15) is 5.26 Å². The van der Waals surface area contributed by atoms with Gasteiger partial charge in [0.25, 0.3) is 0 Å². The number of allylic oxidation sites excluding steroid dienone is 4. The largest absolute Gasteiger partial charge is 0.351 e. The minimum atomic E-state index is -0.479. The number of nitrogens with one attached hydrogen (secondary N) is 1. The highest BCUT2D eigenvalue weighted by Gasteiger charge is 2.69. The molecule has 5 heteroatoms. The molecular formula is C31H42N2O3. The summed E-state index contributed by atoms with van der Waals surface area (Å²) in [4.78, 5) is 39.6. The third-order valence-electron chi connectivity index (χ3n) is 11.9. The van der Waals surface area contributed by atoms with Crippen LogP contribution in [0, 0.1) is 56.7 Å². The quantitative estimate of drug-likeness (QED) is 0.510. The van der Waals surface area contributed by atoms with Crippen LogP contribution in [0.1, 0.15) is 93.4 Å². The summed E-state index contributed by atoms with van der Waals surface area (Å²) in [5.74, 6) is -0.0407. The Balaban J connectivity index is 1.68. The van der Waals surface area contributed by atoms with E-state index in [0.717, 1.165) is 50.5 Å². The standard InChI is InChI=1S/C31H42N2O3/c1-18-21-8-9-29(6)24(28(21,5)15-20(17-32)26(18)36)14-23(35)25-22-16-27(3,4)10-12-31(22,33-19(2)34)13-11-30(25,29)7/h14-15,18,21-22,25H,8-13,16H2,1-7H3,(H,33,34)/t18-,21?,22?,25?,28-,29+,30+,31-/m0/s1. The number of Topliss-reactive ketones (excluding diaryl/α,β-unsaturated/α-hetero) is 1. The Hall–Kier alpha value is -2.22. The Labute approximate surface area is 216 Å². The van der Waals surface area contributed by atoms with Gasteiger partial charge in [-0.25, -0.2) is 0 Å². The van der Waals surface area contributed by atoms with E-state index in [4.69, 9.17) is 0 Å². The molecule has 0 heterocycles. The van der Waals surface area contributed by atoms with Crippen molar-refractivity contribution >= 4 is 17.5 Å². The summed E-state index contributed by atoms with van der Waals surface area (Å²) in [6.45, 7) is 15.0. The van der Waals surface area contributed by atoms with Crippen molar-refractivity contribution in [2.45, 2.75) is 99.0 Å². The van der Waals surface area contributed by atoms with E-state index < -0.39 is 5.41 Å². The zero-order chi connectivity index (χ0) is 26.5. The molecule has 8 atom stereocenters. The number of carbonyl (C=O) groups is 3. The molecule has 0 spiro atoms. The minimum absolute atomic E-state index is 0.00272. The zero-order valence-electron chi connectivity index (χ0n) is 23.1. The molecule has 0 aromatic carbocycles. The molecule has 3 unspecified atom stereocenters. The molecule has 5 aliphatic rings. The number of hydrogen-bond donors (Lipinski definition) is 1. The fraction of sp³-hybridized carbons (Fsp3) is 0.742. The lowest BCUT2D eigenvalue weighted by Crippen LogP contribution is -2.69. The second-order valence-electron chi connectivity index (χ2n) is 14.3. The monoisotopic (exact) mass is 490 g/mol. The number of rotatable bonds is 1. The predicted octanol–water partition coefficient (Wildman–Crippen LogP) is 5.70. The van der Waals surface area contributed by atoms with E-state index in [1.54, 1.807) is 6.92 Å². The lowest BCUT2D eigenvalue weighted by Gasteiger charge is -2.68. The highest BCUT2D eigenvalue weighted by molar-refractivity contribution is 6.02. The first-order valence-electron chi connectivity index (χ1n) is 13.9. The molecule has 5 rings (SSSR count). The van der Waals surface area contributed by atoms with Gasteiger partial charge in [0.1, 0.15) is 6.07 Å². The van der Waals surface area contributed by atoms with Gasteiger partial charge in [-0.05, 0) is 79.1 Å². The summed E-state index contributed by atoms with van der Waals surface area (Å²) < 4.78 is 0. The van der Waals surface area contributed by atoms with Gasteiger partial charge in [0.05, 0.1) is 5.57 Å². The topological polar surface area (TPSA) is 87.0 Å². The number of amides is 1. The first-order valence-corrected chi connectivity index (χ1v) is 13.9. The van der Waals surface area contributed by atoms with Crippen LogP contribution in [0.4, 0.5) is 0 Å². The van der Waals surface area contributed by atoms with Crippen LogP contribution in [-0.2, 0) is 14.4 Å². The molecule has 0 saturated heterocycles. The van der Waals surface area contributed by atoms with Crippen LogP contribution < -0.4 is 5.32 Å². The fourth-order valence-electron chi connectivity index (χ4n) is 9.82. The molecule has 0 aromatic rings. The zero-order valence-corrected chi connectivity index (χ0v) is 23.1. The van der Waals surface area contributed by atoms with Gasteiger partial charge in [0.15, 0.2) is 11.6 Å². The molecule has 36 heavy (non-hydrogen) atoms. The summed E-state index contributed by atoms with van der Waals surface area (Å²) in [6.07, 6.45) is 10.4. The van der Waals surface area contributed by atoms with Gasteiger partial charge in [0, 0.05) is 29.7 Å². The molecule has 1 N–H and O–H groups in total. The normalized spacial score (nSPS) is 47.2. The Morgan fingerprint density at radius 1 is 1.03 bits per heavy atom. The third-order valence-corrected chi connectivity index (χ3v) is 11.9. The van der Waals surface area contributed by atoms with Crippen LogP contribution in [0.25, 0.3) is 0 Å². The highest BCUT2D eigenvalue weighted by atomic mass is 16.1. The van der Waals surface area contributed by atoms with Crippen molar-refractivity contribution < 1.29 is 14.4 Å². The number of ketones is 2. The lowest BCUT2D eigenvalue weighted by atomic mass is 9.36. The molecule has 5 aliphatic carbocycles. The summed E-state index contributed by atoms with van der Waals surface area (Å²) in [5.41, 5.74) is 0.253. The van der Waals surface area contributed by atoms with E-state index in [-0.39, 0.29) is 68.5 Å². The molecule has 5 nitrogen and oxygen atoms in total. The number of fused-ring (bicyclic) bond motifs is 7. The third kappa shape index (κ3) is 3.15. The number of nitriles is 1. The Morgan fingerprint density at radius 3 is 2.33 bits per heavy atom. The van der Waals surface area contributed by atoms with Crippen LogP contribution >= 0.6 is 0 Å². The summed E-state index contributed by atoms with van der Waals surface area (Å²) in [5, 5.41) is 13.1. The van der Waals surface area contributed by atoms with E-state index in [9.17, 15) is 19.6 Å². The first-order chi connectivity index (χ1) is 16.6. The van der Waals surface area contributed by atoms with Crippen molar-refractivity contribution in [3.63, 3.8) is 0 Å². The van der Waals surface area contributed by atoms with E-state index in [1.807, 2.05) is 19.1 Å². The van der Waals surface area contributed by atoms with Gasteiger partial charge < -0.3 is 5.32 Å². The maximum absolute atomic E-state index is 14.3. The first kappa shape index (κ1) is 25.4. The van der Waals surface area contributed by atoms with Crippen LogP contribution in [-0.4, -0.2) is 23.0 Å². The smallest absolute Gasteiger partial charge is 0.217 e. The van der Waals surface area contributed by atoms with Crippen molar-refractivity contribution in [2.75, 3.05) is 0 Å². The molecule has 0 aromatic heterocycles. The number of hydrogen-bond acceptors (Lipinski definition) is 4. The van der Waals surface area contributed by atoms with E-state index in [2.05, 4.69) is 46.0 Å². The number of carbonyl (C=O) groups excluding carboxylic acids is 3. The van der Waals surface area contributed by atoms with Gasteiger partial charge in [-0.15, -0.1) is 0 Å². The predicted molar refractivity (Wildman–Crippen MR) is 138 cm³/mol. The maximum Gasteiger partial charge on any atom is 0.217 e. The molecular weight excluding hydrogens is 448 g/mol. The van der Waals surface area contributed by atoms with Crippen LogP contribution in [0.15, 0.2) is 23.3 Å². The molecule has 0 radical (unpaired) electrons. The van der Waals surface area contributed by atoms with E-state index in [1.165, 1.54) is 0 Å².